The fourth-order valence-electron chi connectivity index (χ4n) is 2.01. The standard InChI is InChI=1S/C10H22N2O3S/c1-3-15-4-5-16(13,14)12-7-9(2)6-10(11)8-12/h9-10H,3-8,11H2,1-2H3. The van der Waals surface area contributed by atoms with Crippen molar-refractivity contribution in [2.45, 2.75) is 26.3 Å². The van der Waals surface area contributed by atoms with Gasteiger partial charge in [0.05, 0.1) is 12.4 Å². The Balaban J connectivity index is 2.53. The van der Waals surface area contributed by atoms with Crippen molar-refractivity contribution >= 4 is 10.0 Å². The number of rotatable bonds is 5. The third-order valence-corrected chi connectivity index (χ3v) is 4.51. The van der Waals surface area contributed by atoms with Crippen LogP contribution in [0.5, 0.6) is 0 Å². The Hall–Kier alpha value is -0.170. The third kappa shape index (κ3) is 4.01. The number of nitrogens with two attached hydrogens (primary N) is 1. The van der Waals surface area contributed by atoms with E-state index in [-0.39, 0.29) is 18.4 Å². The van der Waals surface area contributed by atoms with E-state index in [1.807, 2.05) is 13.8 Å². The van der Waals surface area contributed by atoms with Gasteiger partial charge in [-0.15, -0.1) is 0 Å². The minimum Gasteiger partial charge on any atom is -0.381 e. The summed E-state index contributed by atoms with van der Waals surface area (Å²) in [7, 11) is -3.19. The SMILES string of the molecule is CCOCCS(=O)(=O)N1CC(C)CC(N)C1. The topological polar surface area (TPSA) is 72.6 Å². The van der Waals surface area contributed by atoms with E-state index in [0.717, 1.165) is 6.42 Å². The first-order valence-electron chi connectivity index (χ1n) is 5.77. The highest BCUT2D eigenvalue weighted by molar-refractivity contribution is 7.89. The molecule has 1 aliphatic heterocycles. The van der Waals surface area contributed by atoms with E-state index in [0.29, 0.717) is 25.6 Å². The fraction of sp³-hybridized carbons (Fsp3) is 1.00. The average Bonchev–Trinajstić information content (AvgIpc) is 2.16. The molecule has 2 N–H and O–H groups in total. The Kier molecular flexibility index (Phi) is 5.17. The van der Waals surface area contributed by atoms with Gasteiger partial charge in [-0.2, -0.15) is 0 Å². The summed E-state index contributed by atoms with van der Waals surface area (Å²) in [6.45, 7) is 5.72. The van der Waals surface area contributed by atoms with Crippen molar-refractivity contribution in [2.24, 2.45) is 11.7 Å². The normalized spacial score (nSPS) is 28.2. The maximum absolute atomic E-state index is 11.9. The Bertz CT molecular complexity index is 295. The van der Waals surface area contributed by atoms with Crippen LogP contribution in [0.25, 0.3) is 0 Å². The number of sulfonamides is 1. The Morgan fingerprint density at radius 3 is 2.69 bits per heavy atom. The van der Waals surface area contributed by atoms with Crippen LogP contribution in [0.2, 0.25) is 0 Å². The first kappa shape index (κ1) is 13.9. The summed E-state index contributed by atoms with van der Waals surface area (Å²) < 4.78 is 30.5. The summed E-state index contributed by atoms with van der Waals surface area (Å²) in [5.41, 5.74) is 5.83. The first-order valence-corrected chi connectivity index (χ1v) is 7.37. The van der Waals surface area contributed by atoms with Crippen molar-refractivity contribution in [3.05, 3.63) is 0 Å². The van der Waals surface area contributed by atoms with Crippen molar-refractivity contribution in [1.29, 1.82) is 0 Å². The van der Waals surface area contributed by atoms with Gasteiger partial charge in [-0.25, -0.2) is 12.7 Å². The van der Waals surface area contributed by atoms with E-state index in [1.165, 1.54) is 4.31 Å². The van der Waals surface area contributed by atoms with E-state index in [9.17, 15) is 8.42 Å². The fourth-order valence-corrected chi connectivity index (χ4v) is 3.50. The molecule has 0 aliphatic carbocycles. The first-order chi connectivity index (χ1) is 7.45. The summed E-state index contributed by atoms with van der Waals surface area (Å²) >= 11 is 0. The van der Waals surface area contributed by atoms with Crippen molar-refractivity contribution < 1.29 is 13.2 Å². The molecular formula is C10H22N2O3S. The molecule has 16 heavy (non-hydrogen) atoms. The lowest BCUT2D eigenvalue weighted by Gasteiger charge is -2.33. The van der Waals surface area contributed by atoms with Gasteiger partial charge in [0.15, 0.2) is 0 Å². The summed E-state index contributed by atoms with van der Waals surface area (Å²) in [4.78, 5) is 0. The van der Waals surface area contributed by atoms with Gasteiger partial charge in [0.1, 0.15) is 0 Å². The molecule has 2 unspecified atom stereocenters. The van der Waals surface area contributed by atoms with Crippen molar-refractivity contribution in [2.75, 3.05) is 32.1 Å². The zero-order chi connectivity index (χ0) is 12.2. The van der Waals surface area contributed by atoms with Gasteiger partial charge >= 0.3 is 0 Å². The van der Waals surface area contributed by atoms with Crippen LogP contribution in [0.4, 0.5) is 0 Å². The average molecular weight is 250 g/mol. The van der Waals surface area contributed by atoms with E-state index in [2.05, 4.69) is 0 Å². The van der Waals surface area contributed by atoms with Crippen LogP contribution in [-0.2, 0) is 14.8 Å². The summed E-state index contributed by atoms with van der Waals surface area (Å²) in [5, 5.41) is 0. The van der Waals surface area contributed by atoms with Crippen molar-refractivity contribution in [3.8, 4) is 0 Å². The molecule has 0 radical (unpaired) electrons. The minimum atomic E-state index is -3.19. The maximum Gasteiger partial charge on any atom is 0.216 e. The van der Waals surface area contributed by atoms with Crippen molar-refractivity contribution in [1.82, 2.24) is 4.31 Å². The molecule has 1 heterocycles. The Labute approximate surface area is 98.0 Å². The molecule has 1 saturated heterocycles. The number of hydrogen-bond acceptors (Lipinski definition) is 4. The predicted octanol–water partition coefficient (Wildman–Crippen LogP) is 0.0218. The molecule has 0 aromatic rings. The zero-order valence-electron chi connectivity index (χ0n) is 10.1. The van der Waals surface area contributed by atoms with Crippen LogP contribution in [0.1, 0.15) is 20.3 Å². The van der Waals surface area contributed by atoms with Gasteiger partial charge in [0, 0.05) is 25.7 Å². The largest absolute Gasteiger partial charge is 0.381 e. The monoisotopic (exact) mass is 250 g/mol. The third-order valence-electron chi connectivity index (χ3n) is 2.74. The van der Waals surface area contributed by atoms with Gasteiger partial charge < -0.3 is 10.5 Å². The van der Waals surface area contributed by atoms with Gasteiger partial charge in [0.25, 0.3) is 0 Å². The molecule has 0 amide bonds. The van der Waals surface area contributed by atoms with Gasteiger partial charge in [-0.3, -0.25) is 0 Å². The van der Waals surface area contributed by atoms with Gasteiger partial charge in [-0.1, -0.05) is 6.92 Å². The second-order valence-corrected chi connectivity index (χ2v) is 6.52. The molecule has 0 aromatic carbocycles. The lowest BCUT2D eigenvalue weighted by atomic mass is 9.99. The molecule has 1 fully saturated rings. The smallest absolute Gasteiger partial charge is 0.216 e. The minimum absolute atomic E-state index is 0.0365. The van der Waals surface area contributed by atoms with Gasteiger partial charge in [-0.05, 0) is 19.3 Å². The van der Waals surface area contributed by atoms with Crippen molar-refractivity contribution in [3.63, 3.8) is 0 Å². The highest BCUT2D eigenvalue weighted by Crippen LogP contribution is 2.18. The predicted molar refractivity (Wildman–Crippen MR) is 63.6 cm³/mol. The van der Waals surface area contributed by atoms with E-state index < -0.39 is 10.0 Å². The molecule has 0 bridgehead atoms. The summed E-state index contributed by atoms with van der Waals surface area (Å²) in [6, 6.07) is -0.0365. The highest BCUT2D eigenvalue weighted by atomic mass is 32.2. The molecule has 0 aromatic heterocycles. The quantitative estimate of drug-likeness (QED) is 0.698. The van der Waals surface area contributed by atoms with Crippen LogP contribution >= 0.6 is 0 Å². The second kappa shape index (κ2) is 5.95. The molecule has 0 saturated carbocycles. The summed E-state index contributed by atoms with van der Waals surface area (Å²) in [5.74, 6) is 0.394. The molecule has 2 atom stereocenters. The summed E-state index contributed by atoms with van der Waals surface area (Å²) in [6.07, 6.45) is 0.900. The number of piperidine rings is 1. The van der Waals surface area contributed by atoms with Gasteiger partial charge in [0.2, 0.25) is 10.0 Å². The van der Waals surface area contributed by atoms with E-state index in [4.69, 9.17) is 10.5 Å². The lowest BCUT2D eigenvalue weighted by Crippen LogP contribution is -2.49. The van der Waals surface area contributed by atoms with E-state index >= 15 is 0 Å². The number of hydrogen-bond donors (Lipinski definition) is 1. The highest BCUT2D eigenvalue weighted by Gasteiger charge is 2.30. The lowest BCUT2D eigenvalue weighted by molar-refractivity contribution is 0.161. The molecule has 0 spiro atoms. The van der Waals surface area contributed by atoms with Crippen LogP contribution in [-0.4, -0.2) is 50.8 Å². The second-order valence-electron chi connectivity index (χ2n) is 4.43. The van der Waals surface area contributed by atoms with Crippen LogP contribution < -0.4 is 5.73 Å². The molecule has 5 nitrogen and oxygen atoms in total. The molecular weight excluding hydrogens is 228 g/mol. The van der Waals surface area contributed by atoms with E-state index in [1.54, 1.807) is 0 Å². The molecule has 1 rings (SSSR count). The Morgan fingerprint density at radius 2 is 2.12 bits per heavy atom. The maximum atomic E-state index is 11.9. The number of ether oxygens (including phenoxy) is 1. The van der Waals surface area contributed by atoms with Crippen LogP contribution in [0, 0.1) is 5.92 Å². The zero-order valence-corrected chi connectivity index (χ0v) is 10.9. The molecule has 6 heteroatoms. The molecule has 1 aliphatic rings. The number of nitrogens with zero attached hydrogens (tertiary/aromatic N) is 1. The van der Waals surface area contributed by atoms with Crippen LogP contribution in [0.3, 0.4) is 0 Å². The Morgan fingerprint density at radius 1 is 1.44 bits per heavy atom. The van der Waals surface area contributed by atoms with Crippen LogP contribution in [0.15, 0.2) is 0 Å². The molecule has 96 valence electrons.